The van der Waals surface area contributed by atoms with E-state index in [-0.39, 0.29) is 6.04 Å². The SMILES string of the molecule is CN1CCC(CCN2CCCC(NC3CC3)C2=O)CC1. The molecule has 2 saturated heterocycles. The van der Waals surface area contributed by atoms with Gasteiger partial charge in [0.25, 0.3) is 0 Å². The van der Waals surface area contributed by atoms with Gasteiger partial charge in [-0.25, -0.2) is 0 Å². The minimum atomic E-state index is 0.119. The van der Waals surface area contributed by atoms with Crippen molar-refractivity contribution in [1.29, 1.82) is 0 Å². The van der Waals surface area contributed by atoms with Crippen LogP contribution < -0.4 is 5.32 Å². The van der Waals surface area contributed by atoms with Gasteiger partial charge < -0.3 is 15.1 Å². The Kier molecular flexibility index (Phi) is 4.61. The lowest BCUT2D eigenvalue weighted by atomic mass is 9.93. The first kappa shape index (κ1) is 14.3. The highest BCUT2D eigenvalue weighted by Crippen LogP contribution is 2.24. The average molecular weight is 279 g/mol. The van der Waals surface area contributed by atoms with E-state index in [1.807, 2.05) is 0 Å². The molecular weight excluding hydrogens is 250 g/mol. The molecule has 114 valence electrons. The predicted octanol–water partition coefficient (Wildman–Crippen LogP) is 1.46. The average Bonchev–Trinajstić information content (AvgIpc) is 3.26. The van der Waals surface area contributed by atoms with Crippen molar-refractivity contribution in [3.63, 3.8) is 0 Å². The number of piperidine rings is 2. The van der Waals surface area contributed by atoms with Crippen LogP contribution >= 0.6 is 0 Å². The highest BCUT2D eigenvalue weighted by molar-refractivity contribution is 5.82. The molecule has 1 unspecified atom stereocenters. The van der Waals surface area contributed by atoms with Crippen molar-refractivity contribution in [1.82, 2.24) is 15.1 Å². The summed E-state index contributed by atoms with van der Waals surface area (Å²) in [5.74, 6) is 1.20. The van der Waals surface area contributed by atoms with E-state index >= 15 is 0 Å². The van der Waals surface area contributed by atoms with Crippen LogP contribution in [0.1, 0.15) is 44.9 Å². The van der Waals surface area contributed by atoms with Crippen LogP contribution in [0.5, 0.6) is 0 Å². The van der Waals surface area contributed by atoms with Crippen molar-refractivity contribution in [2.24, 2.45) is 5.92 Å². The number of hydrogen-bond donors (Lipinski definition) is 1. The zero-order valence-electron chi connectivity index (χ0n) is 12.8. The smallest absolute Gasteiger partial charge is 0.239 e. The van der Waals surface area contributed by atoms with Gasteiger partial charge in [-0.1, -0.05) is 0 Å². The molecule has 0 aromatic heterocycles. The fourth-order valence-electron chi connectivity index (χ4n) is 3.54. The molecule has 1 aliphatic carbocycles. The van der Waals surface area contributed by atoms with Gasteiger partial charge in [-0.2, -0.15) is 0 Å². The van der Waals surface area contributed by atoms with Gasteiger partial charge in [0.1, 0.15) is 0 Å². The van der Waals surface area contributed by atoms with Crippen molar-refractivity contribution in [2.45, 2.75) is 57.0 Å². The normalized spacial score (nSPS) is 29.9. The van der Waals surface area contributed by atoms with Crippen LogP contribution in [-0.4, -0.2) is 61.0 Å². The lowest BCUT2D eigenvalue weighted by Gasteiger charge is -2.35. The third-order valence-electron chi connectivity index (χ3n) is 5.19. The Hall–Kier alpha value is -0.610. The molecule has 0 bridgehead atoms. The first-order valence-electron chi connectivity index (χ1n) is 8.46. The Morgan fingerprint density at radius 1 is 1.10 bits per heavy atom. The zero-order chi connectivity index (χ0) is 13.9. The molecule has 0 aromatic rings. The highest BCUT2D eigenvalue weighted by atomic mass is 16.2. The molecule has 1 atom stereocenters. The molecule has 1 saturated carbocycles. The molecule has 0 radical (unpaired) electrons. The second-order valence-corrected chi connectivity index (χ2v) is 7.00. The number of nitrogens with zero attached hydrogens (tertiary/aromatic N) is 2. The van der Waals surface area contributed by atoms with Gasteiger partial charge in [0.2, 0.25) is 5.91 Å². The van der Waals surface area contributed by atoms with Crippen molar-refractivity contribution >= 4 is 5.91 Å². The maximum absolute atomic E-state index is 12.5. The number of amides is 1. The monoisotopic (exact) mass is 279 g/mol. The minimum absolute atomic E-state index is 0.119. The molecule has 2 aliphatic heterocycles. The van der Waals surface area contributed by atoms with E-state index < -0.39 is 0 Å². The fourth-order valence-corrected chi connectivity index (χ4v) is 3.54. The fraction of sp³-hybridized carbons (Fsp3) is 0.938. The molecule has 4 heteroatoms. The topological polar surface area (TPSA) is 35.6 Å². The van der Waals surface area contributed by atoms with E-state index in [1.54, 1.807) is 0 Å². The molecule has 4 nitrogen and oxygen atoms in total. The molecule has 3 aliphatic rings. The van der Waals surface area contributed by atoms with E-state index in [2.05, 4.69) is 22.2 Å². The van der Waals surface area contributed by atoms with Crippen LogP contribution in [0, 0.1) is 5.92 Å². The molecule has 1 amide bonds. The largest absolute Gasteiger partial charge is 0.341 e. The Balaban J connectivity index is 1.43. The summed E-state index contributed by atoms with van der Waals surface area (Å²) in [4.78, 5) is 17.0. The highest BCUT2D eigenvalue weighted by Gasteiger charge is 2.33. The Bertz CT molecular complexity index is 335. The first-order valence-corrected chi connectivity index (χ1v) is 8.46. The summed E-state index contributed by atoms with van der Waals surface area (Å²) < 4.78 is 0. The van der Waals surface area contributed by atoms with Gasteiger partial charge in [-0.3, -0.25) is 4.79 Å². The van der Waals surface area contributed by atoms with Gasteiger partial charge in [0.05, 0.1) is 6.04 Å². The van der Waals surface area contributed by atoms with Crippen LogP contribution in [-0.2, 0) is 4.79 Å². The minimum Gasteiger partial charge on any atom is -0.341 e. The number of rotatable bonds is 5. The van der Waals surface area contributed by atoms with Gasteiger partial charge in [0.15, 0.2) is 0 Å². The maximum Gasteiger partial charge on any atom is 0.239 e. The third kappa shape index (κ3) is 3.73. The van der Waals surface area contributed by atoms with Crippen LogP contribution in [0.4, 0.5) is 0 Å². The van der Waals surface area contributed by atoms with Gasteiger partial charge in [-0.05, 0) is 71.0 Å². The maximum atomic E-state index is 12.5. The Labute approximate surface area is 122 Å². The van der Waals surface area contributed by atoms with E-state index in [1.165, 1.54) is 51.6 Å². The summed E-state index contributed by atoms with van der Waals surface area (Å²) in [6, 6.07) is 0.756. The molecule has 20 heavy (non-hydrogen) atoms. The molecule has 0 aromatic carbocycles. The molecule has 1 N–H and O–H groups in total. The summed E-state index contributed by atoms with van der Waals surface area (Å²) >= 11 is 0. The lowest BCUT2D eigenvalue weighted by molar-refractivity contribution is -0.136. The van der Waals surface area contributed by atoms with Gasteiger partial charge >= 0.3 is 0 Å². The van der Waals surface area contributed by atoms with E-state index in [0.29, 0.717) is 11.9 Å². The molecule has 0 spiro atoms. The van der Waals surface area contributed by atoms with Crippen LogP contribution in [0.2, 0.25) is 0 Å². The van der Waals surface area contributed by atoms with Gasteiger partial charge in [-0.15, -0.1) is 0 Å². The van der Waals surface area contributed by atoms with Crippen molar-refractivity contribution in [2.75, 3.05) is 33.2 Å². The van der Waals surface area contributed by atoms with E-state index in [0.717, 1.165) is 25.4 Å². The summed E-state index contributed by atoms with van der Waals surface area (Å²) in [5.41, 5.74) is 0. The second-order valence-electron chi connectivity index (χ2n) is 7.00. The second kappa shape index (κ2) is 6.44. The third-order valence-corrected chi connectivity index (χ3v) is 5.19. The number of nitrogens with one attached hydrogen (secondary N) is 1. The predicted molar refractivity (Wildman–Crippen MR) is 80.6 cm³/mol. The summed E-state index contributed by atoms with van der Waals surface area (Å²) in [6.07, 6.45) is 8.56. The number of carbonyl (C=O) groups excluding carboxylic acids is 1. The first-order chi connectivity index (χ1) is 9.72. The molecular formula is C16H29N3O. The van der Waals surface area contributed by atoms with Gasteiger partial charge in [0, 0.05) is 19.1 Å². The number of carbonyl (C=O) groups is 1. The molecule has 3 fully saturated rings. The Morgan fingerprint density at radius 3 is 2.55 bits per heavy atom. The van der Waals surface area contributed by atoms with Crippen molar-refractivity contribution in [3.8, 4) is 0 Å². The van der Waals surface area contributed by atoms with Crippen LogP contribution in [0.25, 0.3) is 0 Å². The summed E-state index contributed by atoms with van der Waals surface area (Å²) in [5, 5.41) is 3.52. The van der Waals surface area contributed by atoms with Crippen LogP contribution in [0.3, 0.4) is 0 Å². The molecule has 2 heterocycles. The quantitative estimate of drug-likeness (QED) is 0.827. The van der Waals surface area contributed by atoms with Crippen LogP contribution in [0.15, 0.2) is 0 Å². The van der Waals surface area contributed by atoms with Crippen molar-refractivity contribution in [3.05, 3.63) is 0 Å². The summed E-state index contributed by atoms with van der Waals surface area (Å²) in [7, 11) is 2.21. The summed E-state index contributed by atoms with van der Waals surface area (Å²) in [6.45, 7) is 4.42. The standard InChI is InChI=1S/C16H29N3O/c1-18-10-6-13(7-11-18)8-12-19-9-2-3-15(16(19)20)17-14-4-5-14/h13-15,17H,2-12H2,1H3. The molecule has 3 rings (SSSR count). The number of hydrogen-bond acceptors (Lipinski definition) is 3. The van der Waals surface area contributed by atoms with E-state index in [4.69, 9.17) is 0 Å². The van der Waals surface area contributed by atoms with Crippen molar-refractivity contribution < 1.29 is 4.79 Å². The lowest BCUT2D eigenvalue weighted by Crippen LogP contribution is -2.51. The number of likely N-dealkylation sites (tertiary alicyclic amines) is 2. The zero-order valence-corrected chi connectivity index (χ0v) is 12.8. The van der Waals surface area contributed by atoms with E-state index in [9.17, 15) is 4.79 Å². The Morgan fingerprint density at radius 2 is 1.85 bits per heavy atom.